The molecule has 0 N–H and O–H groups in total. The van der Waals surface area contributed by atoms with Gasteiger partial charge in [0, 0.05) is 62.1 Å². The van der Waals surface area contributed by atoms with Crippen molar-refractivity contribution in [2.24, 2.45) is 0 Å². The van der Waals surface area contributed by atoms with Crippen LogP contribution in [0.3, 0.4) is 0 Å². The first-order chi connectivity index (χ1) is 36.7. The van der Waals surface area contributed by atoms with Crippen molar-refractivity contribution in [2.45, 2.75) is 131 Å². The second-order valence-corrected chi connectivity index (χ2v) is 26.7. The normalized spacial score (nSPS) is 13.3. The predicted octanol–water partition coefficient (Wildman–Crippen LogP) is 15.3. The molecule has 0 saturated heterocycles. The molecule has 79 heavy (non-hydrogen) atoms. The van der Waals surface area contributed by atoms with E-state index in [4.69, 9.17) is 19.2 Å². The van der Waals surface area contributed by atoms with Gasteiger partial charge in [-0.3, -0.25) is 4.57 Å². The number of nitrogens with zero attached hydrogens (tertiary/aromatic N) is 4. The van der Waals surface area contributed by atoms with Crippen molar-refractivity contribution in [1.29, 1.82) is 0 Å². The zero-order valence-electron chi connectivity index (χ0n) is 48.3. The van der Waals surface area contributed by atoms with Crippen molar-refractivity contribution in [3.8, 4) is 62.8 Å². The van der Waals surface area contributed by atoms with E-state index in [1.54, 1.807) is 0 Å². The number of hydrogen-bond acceptors (Lipinski definition) is 4. The molecule has 2 aliphatic heterocycles. The summed E-state index contributed by atoms with van der Waals surface area (Å²) >= 11 is 0. The monoisotopic (exact) mass is 1220 g/mol. The Morgan fingerprint density at radius 3 is 1.70 bits per heavy atom. The second kappa shape index (κ2) is 19.0. The molecule has 0 spiro atoms. The largest absolute Gasteiger partial charge is 0.510 e. The number of rotatable bonds is 6. The molecule has 0 unspecified atom stereocenters. The van der Waals surface area contributed by atoms with Gasteiger partial charge in [-0.05, 0) is 143 Å². The fraction of sp³-hybridized carbons (Fsp3) is 0.286. The molecule has 3 aromatic heterocycles. The zero-order chi connectivity index (χ0) is 55.0. The molecule has 0 bridgehead atoms. The minimum atomic E-state index is -0.0919. The van der Waals surface area contributed by atoms with Gasteiger partial charge in [0.2, 0.25) is 0 Å². The fourth-order valence-corrected chi connectivity index (χ4v) is 11.0. The topological polar surface area (TPSA) is 54.3 Å². The average Bonchev–Trinajstić information content (AvgIpc) is 4.15. The van der Waals surface area contributed by atoms with Gasteiger partial charge in [0.15, 0.2) is 0 Å². The van der Waals surface area contributed by atoms with Crippen molar-refractivity contribution in [3.63, 3.8) is 0 Å². The Kier molecular flexibility index (Phi) is 13.0. The first-order valence-electron chi connectivity index (χ1n) is 27.4. The number of pyridine rings is 1. The molecule has 7 aromatic carbocycles. The van der Waals surface area contributed by atoms with E-state index in [0.717, 1.165) is 78.6 Å². The summed E-state index contributed by atoms with van der Waals surface area (Å²) in [6.07, 6.45) is 9.52. The summed E-state index contributed by atoms with van der Waals surface area (Å²) in [6.45, 7) is 33.8. The van der Waals surface area contributed by atoms with Crippen LogP contribution >= 0.6 is 0 Å². The van der Waals surface area contributed by atoms with Crippen molar-refractivity contribution >= 4 is 44.9 Å². The molecule has 0 saturated carbocycles. The summed E-state index contributed by atoms with van der Waals surface area (Å²) in [6, 6.07) is 53.0. The molecular formula is C70H69BN4O3Pt-2. The minimum Gasteiger partial charge on any atom is -0.510 e. The van der Waals surface area contributed by atoms with Gasteiger partial charge < -0.3 is 23.3 Å². The van der Waals surface area contributed by atoms with E-state index >= 15 is 0 Å². The third-order valence-electron chi connectivity index (χ3n) is 15.8. The van der Waals surface area contributed by atoms with Gasteiger partial charge in [-0.15, -0.1) is 29.7 Å². The number of benzene rings is 7. The Morgan fingerprint density at radius 1 is 0.519 bits per heavy atom. The van der Waals surface area contributed by atoms with Crippen molar-refractivity contribution in [2.75, 3.05) is 0 Å². The van der Waals surface area contributed by atoms with E-state index in [1.807, 2.05) is 47.4 Å². The van der Waals surface area contributed by atoms with E-state index < -0.39 is 0 Å². The third-order valence-corrected chi connectivity index (χ3v) is 15.8. The van der Waals surface area contributed by atoms with E-state index in [9.17, 15) is 0 Å². The van der Waals surface area contributed by atoms with Crippen molar-refractivity contribution in [1.82, 2.24) is 14.1 Å². The molecule has 0 atom stereocenters. The molecule has 9 heteroatoms. The van der Waals surface area contributed by atoms with E-state index in [-0.39, 0.29) is 54.9 Å². The fourth-order valence-electron chi connectivity index (χ4n) is 11.0. The van der Waals surface area contributed by atoms with Crippen LogP contribution in [0.25, 0.3) is 50.1 Å². The summed E-state index contributed by atoms with van der Waals surface area (Å²) in [5.41, 5.74) is 15.3. The van der Waals surface area contributed by atoms with Gasteiger partial charge in [-0.25, -0.2) is 4.98 Å². The van der Waals surface area contributed by atoms with Gasteiger partial charge in [-0.2, -0.15) is 18.2 Å². The summed E-state index contributed by atoms with van der Waals surface area (Å²) in [4.78, 5) is 5.01. The summed E-state index contributed by atoms with van der Waals surface area (Å²) < 4.78 is 26.8. The molecule has 2 aliphatic rings. The molecule has 0 fully saturated rings. The van der Waals surface area contributed by atoms with Gasteiger partial charge in [-0.1, -0.05) is 152 Å². The molecule has 7 nitrogen and oxygen atoms in total. The van der Waals surface area contributed by atoms with Crippen LogP contribution in [0.4, 0.5) is 0 Å². The van der Waals surface area contributed by atoms with E-state index in [0.29, 0.717) is 11.5 Å². The van der Waals surface area contributed by atoms with Crippen molar-refractivity contribution in [3.05, 3.63) is 192 Å². The molecule has 5 heterocycles. The minimum absolute atomic E-state index is 0. The Hall–Kier alpha value is -7.15. The van der Waals surface area contributed by atoms with Gasteiger partial charge >= 0.3 is 0 Å². The summed E-state index contributed by atoms with van der Waals surface area (Å²) in [7, 11) is 0. The quantitative estimate of drug-likeness (QED) is 0.0946. The Labute approximate surface area is 482 Å². The van der Waals surface area contributed by atoms with E-state index in [1.165, 1.54) is 38.7 Å². The summed E-state index contributed by atoms with van der Waals surface area (Å²) in [5, 5.41) is 2.09. The first kappa shape index (κ1) is 53.8. The Bertz CT molecular complexity index is 3930. The molecule has 0 radical (unpaired) electrons. The molecule has 402 valence electrons. The zero-order valence-corrected chi connectivity index (χ0v) is 50.5. The van der Waals surface area contributed by atoms with Crippen molar-refractivity contribution < 1.29 is 39.8 Å². The average molecular weight is 1220 g/mol. The number of hydrogen-bond donors (Lipinski definition) is 0. The van der Waals surface area contributed by atoms with Crippen LogP contribution in [-0.2, 0) is 48.1 Å². The van der Waals surface area contributed by atoms with Gasteiger partial charge in [0.1, 0.15) is 28.8 Å². The maximum absolute atomic E-state index is 6.95. The molecule has 12 rings (SSSR count). The van der Waals surface area contributed by atoms with Crippen LogP contribution in [0.5, 0.6) is 34.5 Å². The van der Waals surface area contributed by atoms with Crippen LogP contribution in [0, 0.1) is 18.5 Å². The number of fused-ring (bicyclic) bond motifs is 7. The molecule has 0 aliphatic carbocycles. The molecule has 10 aromatic rings. The van der Waals surface area contributed by atoms with Crippen LogP contribution in [0.15, 0.2) is 146 Å². The van der Waals surface area contributed by atoms with E-state index in [2.05, 4.69) is 235 Å². The maximum atomic E-state index is 6.95. The second-order valence-electron chi connectivity index (χ2n) is 26.7. The first-order valence-corrected chi connectivity index (χ1v) is 27.4. The SMILES string of the molecule is CC(C)(C)c1cc(-[n+]2[c-]n(-c3[c-]c(Oc4[c-]c5c(cc4)c4cc(-c6cc7c8c(c6)Oc6ccc(C(C)(C)C)cc6B8c6cc(C(C)(C)C)ccc6O7)ccc4n5-c4cc(C(C)(C)C)ccn4)ccc3)cc2)cc(C(C)(C)C)c1.[Pt]. The van der Waals surface area contributed by atoms with Crippen LogP contribution in [-0.4, -0.2) is 20.8 Å². The Balaban J connectivity index is 0.00000660. The standard InChI is InChI=1S/C70H69BN4O3.Pt/c1-66(2,3)45-20-25-60-56(37-45)71-57-38-46(67(4,5)6)21-26-61(57)78-63-33-44(32-62(77-60)65(63)71)43-19-24-58-55(31-43)54-23-22-53(41-59(54)75(58)64-39-47(27-28-72-64)68(7,8)9)76-52-18-16-17-50(40-52)73-29-30-74(42-73)51-35-48(69(10,11)12)34-49(36-51)70(13,14)15;/h16-39H,1-15H3;/q-2;. The smallest absolute Gasteiger partial charge is 0.267 e. The van der Waals surface area contributed by atoms with Gasteiger partial charge in [0.25, 0.3) is 13.0 Å². The third kappa shape index (κ3) is 9.94. The number of imidazole rings is 1. The Morgan fingerprint density at radius 2 is 1.10 bits per heavy atom. The summed E-state index contributed by atoms with van der Waals surface area (Å²) in [5.74, 6) is 5.32. The van der Waals surface area contributed by atoms with Crippen LogP contribution < -0.4 is 35.2 Å². The van der Waals surface area contributed by atoms with Crippen LogP contribution in [0.1, 0.15) is 132 Å². The molecular weight excluding hydrogens is 1150 g/mol. The number of ether oxygens (including phenoxy) is 3. The van der Waals surface area contributed by atoms with Gasteiger partial charge in [0.05, 0.1) is 5.69 Å². The maximum Gasteiger partial charge on any atom is 0.267 e. The van der Waals surface area contributed by atoms with Crippen LogP contribution in [0.2, 0.25) is 0 Å². The molecule has 0 amide bonds. The number of aromatic nitrogens is 4. The predicted molar refractivity (Wildman–Crippen MR) is 319 cm³/mol.